The van der Waals surface area contributed by atoms with Crippen molar-refractivity contribution in [3.63, 3.8) is 0 Å². The number of halogens is 2. The molecule has 218 valence electrons. The normalized spacial score (nSPS) is 10.4. The van der Waals surface area contributed by atoms with E-state index in [2.05, 4.69) is 14.8 Å². The van der Waals surface area contributed by atoms with Crippen molar-refractivity contribution in [2.45, 2.75) is 39.5 Å². The summed E-state index contributed by atoms with van der Waals surface area (Å²) in [6.45, 7) is 3.75. The third-order valence-corrected chi connectivity index (χ3v) is 6.03. The Morgan fingerprint density at radius 1 is 0.619 bits per heavy atom. The summed E-state index contributed by atoms with van der Waals surface area (Å²) in [5.41, 5.74) is 1.50. The largest absolute Gasteiger partial charge is 0.454 e. The van der Waals surface area contributed by atoms with E-state index < -0.39 is 36.4 Å². The predicted octanol–water partition coefficient (Wildman–Crippen LogP) is 6.21. The number of rotatable bonds is 12. The number of ether oxygens (including phenoxy) is 2. The molecule has 0 fully saturated rings. The Bertz CT molecular complexity index is 1390. The van der Waals surface area contributed by atoms with Crippen LogP contribution < -0.4 is 9.47 Å². The van der Waals surface area contributed by atoms with Gasteiger partial charge in [0, 0.05) is 16.2 Å². The van der Waals surface area contributed by atoms with Crippen LogP contribution in [0.1, 0.15) is 36.1 Å². The van der Waals surface area contributed by atoms with E-state index in [1.54, 1.807) is 72.8 Å². The minimum Gasteiger partial charge on any atom is -0.454 e. The zero-order valence-electron chi connectivity index (χ0n) is 22.5. The van der Waals surface area contributed by atoms with Crippen LogP contribution in [-0.2, 0) is 50.1 Å². The summed E-state index contributed by atoms with van der Waals surface area (Å²) < 4.78 is 41.5. The van der Waals surface area contributed by atoms with E-state index in [1.807, 2.05) is 13.8 Å². The molecule has 0 saturated carbocycles. The van der Waals surface area contributed by atoms with Crippen molar-refractivity contribution < 1.29 is 42.7 Å². The highest BCUT2D eigenvalue weighted by molar-refractivity contribution is 5.75. The molecule has 10 heteroatoms. The number of aryl methyl sites for hydroxylation is 2. The van der Waals surface area contributed by atoms with Gasteiger partial charge in [0.1, 0.15) is 11.5 Å². The molecule has 4 rings (SSSR count). The Hall–Kier alpha value is -4.23. The third kappa shape index (κ3) is 8.88. The van der Waals surface area contributed by atoms with E-state index in [-0.39, 0.29) is 40.0 Å². The van der Waals surface area contributed by atoms with Gasteiger partial charge in [-0.15, -0.1) is 0 Å². The van der Waals surface area contributed by atoms with Crippen molar-refractivity contribution in [1.82, 2.24) is 0 Å². The second-order valence-corrected chi connectivity index (χ2v) is 9.00. The molecule has 0 atom stereocenters. The fraction of sp³-hybridized carbons (Fsp3) is 0.188. The highest BCUT2D eigenvalue weighted by Gasteiger charge is 2.20. The fourth-order valence-electron chi connectivity index (χ4n) is 3.95. The Balaban J connectivity index is 0.00000484. The molecule has 0 saturated heterocycles. The van der Waals surface area contributed by atoms with Crippen LogP contribution in [0.15, 0.2) is 84.9 Å². The molecule has 42 heavy (non-hydrogen) atoms. The Labute approximate surface area is 252 Å². The molecule has 0 aliphatic heterocycles. The molecule has 0 heterocycles. The second kappa shape index (κ2) is 15.7. The first-order valence-corrected chi connectivity index (χ1v) is 13.0. The number of carbonyl (C=O) groups is 2. The van der Waals surface area contributed by atoms with Crippen molar-refractivity contribution >= 4 is 29.3 Å². The van der Waals surface area contributed by atoms with Crippen molar-refractivity contribution in [3.8, 4) is 23.0 Å². The monoisotopic (exact) mass is 592 g/mol. The minimum absolute atomic E-state index is 0. The lowest BCUT2D eigenvalue weighted by Gasteiger charge is -2.12. The van der Waals surface area contributed by atoms with Crippen LogP contribution in [0.3, 0.4) is 0 Å². The van der Waals surface area contributed by atoms with Crippen LogP contribution in [-0.4, -0.2) is 29.3 Å². The van der Waals surface area contributed by atoms with Crippen molar-refractivity contribution in [1.29, 1.82) is 0 Å². The molecule has 0 aliphatic rings. The number of hydrogen-bond donors (Lipinski definition) is 0. The Kier molecular flexibility index (Phi) is 12.1. The summed E-state index contributed by atoms with van der Waals surface area (Å²) in [5.74, 6) is -2.73. The van der Waals surface area contributed by atoms with Gasteiger partial charge in [0.2, 0.25) is 0 Å². The number of carbonyl (C=O) groups excluding carboxylic acids is 2. The number of hydrogen-bond acceptors (Lipinski definition) is 7. The number of benzene rings is 4. The molecule has 4 aromatic rings. The summed E-state index contributed by atoms with van der Waals surface area (Å²) in [7, 11) is 0. The third-order valence-electron chi connectivity index (χ3n) is 6.03. The van der Waals surface area contributed by atoms with E-state index in [0.29, 0.717) is 24.3 Å². The summed E-state index contributed by atoms with van der Waals surface area (Å²) in [4.78, 5) is 33.6. The molecule has 0 aliphatic carbocycles. The molecule has 0 spiro atoms. The smallest absolute Gasteiger partial charge is 0.351 e. The lowest BCUT2D eigenvalue weighted by Crippen LogP contribution is -2.15. The highest BCUT2D eigenvalue weighted by Crippen LogP contribution is 2.30. The minimum atomic E-state index is -1.02. The van der Waals surface area contributed by atoms with Gasteiger partial charge in [-0.2, -0.15) is 0 Å². The molecular formula is C32H31AlF2O7. The van der Waals surface area contributed by atoms with Crippen molar-refractivity contribution in [2.24, 2.45) is 0 Å². The van der Waals surface area contributed by atoms with E-state index in [0.717, 1.165) is 11.1 Å². The van der Waals surface area contributed by atoms with Crippen LogP contribution >= 0.6 is 0 Å². The van der Waals surface area contributed by atoms with Gasteiger partial charge in [0.05, 0.1) is 12.8 Å². The topological polar surface area (TPSA) is 80.3 Å². The molecule has 0 aromatic heterocycles. The standard InChI is InChI=1S/C32H28F2O7.Al.3H/c1-3-21-15-23(31(33)27(17-21)37-25-11-7-5-8-12-25)19-29(35)39-41-40-30(36)20-24-16-22(4-2)18-28(32(24)34)38-26-13-9-6-10-14-26;;;;/h5-18H,3-4,19-20H2,1-2H3;;;;. The van der Waals surface area contributed by atoms with Gasteiger partial charge in [-0.25, -0.2) is 18.4 Å². The Morgan fingerprint density at radius 3 is 1.36 bits per heavy atom. The van der Waals surface area contributed by atoms with Gasteiger partial charge in [-0.05, 0) is 60.4 Å². The highest BCUT2D eigenvalue weighted by atomic mass is 27.0. The molecule has 7 nitrogen and oxygen atoms in total. The molecular weight excluding hydrogens is 561 g/mol. The zero-order chi connectivity index (χ0) is 29.2. The molecule has 0 amide bonds. The molecule has 0 N–H and O–H groups in total. The summed E-state index contributed by atoms with van der Waals surface area (Å²) >= 11 is 0. The van der Waals surface area contributed by atoms with Gasteiger partial charge in [-0.3, -0.25) is 9.78 Å². The van der Waals surface area contributed by atoms with Gasteiger partial charge in [-0.1, -0.05) is 62.4 Å². The van der Waals surface area contributed by atoms with E-state index in [9.17, 15) is 9.59 Å². The summed E-state index contributed by atoms with van der Waals surface area (Å²) in [6.07, 6.45) is 0.0937. The maximum atomic E-state index is 15.1. The van der Waals surface area contributed by atoms with Crippen LogP contribution in [0.5, 0.6) is 23.0 Å². The van der Waals surface area contributed by atoms with Crippen LogP contribution in [0, 0.1) is 11.6 Å². The van der Waals surface area contributed by atoms with Crippen LogP contribution in [0.25, 0.3) is 0 Å². The molecule has 0 unspecified atom stereocenters. The Morgan fingerprint density at radius 2 is 1.00 bits per heavy atom. The zero-order valence-corrected chi connectivity index (χ0v) is 22.5. The van der Waals surface area contributed by atoms with Gasteiger partial charge < -0.3 is 9.47 Å². The maximum Gasteiger partial charge on any atom is 0.351 e. The first kappa shape index (κ1) is 32.3. The maximum absolute atomic E-state index is 15.1. The van der Waals surface area contributed by atoms with Gasteiger partial charge in [0.15, 0.2) is 40.5 Å². The van der Waals surface area contributed by atoms with Crippen LogP contribution in [0.4, 0.5) is 8.78 Å². The summed E-state index contributed by atoms with van der Waals surface area (Å²) in [5, 5.41) is 4.34. The van der Waals surface area contributed by atoms with E-state index in [4.69, 9.17) is 9.47 Å². The van der Waals surface area contributed by atoms with Gasteiger partial charge >= 0.3 is 11.9 Å². The van der Waals surface area contributed by atoms with Crippen molar-refractivity contribution in [3.05, 3.63) is 119 Å². The first-order chi connectivity index (χ1) is 19.9. The number of para-hydroxylation sites is 2. The van der Waals surface area contributed by atoms with Gasteiger partial charge in [0.25, 0.3) is 0 Å². The average Bonchev–Trinajstić information content (AvgIpc) is 2.98. The lowest BCUT2D eigenvalue weighted by molar-refractivity contribution is -0.459. The molecule has 0 radical (unpaired) electrons. The SMILES string of the molecule is CCc1cc(CC(=O)OOOC(=O)Cc2cc(CC)cc(Oc3ccccc3)c2F)c(F)c(Oc2ccccc2)c1.[AlH3]. The van der Waals surface area contributed by atoms with E-state index >= 15 is 8.78 Å². The molecule has 0 bridgehead atoms. The van der Waals surface area contributed by atoms with E-state index in [1.165, 1.54) is 12.1 Å². The predicted molar refractivity (Wildman–Crippen MR) is 155 cm³/mol. The summed E-state index contributed by atoms with van der Waals surface area (Å²) in [6, 6.07) is 23.4. The first-order valence-electron chi connectivity index (χ1n) is 13.0. The average molecular weight is 593 g/mol. The fourth-order valence-corrected chi connectivity index (χ4v) is 3.95. The van der Waals surface area contributed by atoms with Crippen molar-refractivity contribution in [2.75, 3.05) is 0 Å². The quantitative estimate of drug-likeness (QED) is 0.110. The van der Waals surface area contributed by atoms with Crippen LogP contribution in [0.2, 0.25) is 0 Å². The second-order valence-electron chi connectivity index (χ2n) is 9.00. The molecule has 4 aromatic carbocycles. The lowest BCUT2D eigenvalue weighted by atomic mass is 10.0.